The molecule has 0 aliphatic rings. The summed E-state index contributed by atoms with van der Waals surface area (Å²) in [5, 5.41) is 12.3. The van der Waals surface area contributed by atoms with Gasteiger partial charge in [0.2, 0.25) is 0 Å². The molecule has 15 heavy (non-hydrogen) atoms. The van der Waals surface area contributed by atoms with Crippen molar-refractivity contribution in [1.29, 1.82) is 0 Å². The van der Waals surface area contributed by atoms with Crippen molar-refractivity contribution >= 4 is 44.3 Å². The third-order valence-corrected chi connectivity index (χ3v) is 3.04. The zero-order valence-corrected chi connectivity index (χ0v) is 9.10. The number of thiazole rings is 1. The number of benzene rings is 1. The van der Waals surface area contributed by atoms with E-state index >= 15 is 0 Å². The summed E-state index contributed by atoms with van der Waals surface area (Å²) in [5.74, 6) is -0.916. The van der Waals surface area contributed by atoms with Gasteiger partial charge in [-0.1, -0.05) is 29.0 Å². The monoisotopic (exact) mass is 242 g/mol. The third-order valence-electron chi connectivity index (χ3n) is 1.76. The fourth-order valence-corrected chi connectivity index (χ4v) is 2.30. The van der Waals surface area contributed by atoms with Crippen molar-refractivity contribution in [1.82, 2.24) is 4.98 Å². The van der Waals surface area contributed by atoms with E-state index in [1.807, 2.05) is 12.1 Å². The van der Waals surface area contributed by atoms with Crippen LogP contribution in [0, 0.1) is 0 Å². The van der Waals surface area contributed by atoms with Crippen molar-refractivity contribution in [3.63, 3.8) is 0 Å². The Hall–Kier alpha value is -1.33. The SMILES string of the molecule is O=C(O)CNc1nc2c(Cl)cccc2s1. The molecule has 0 bridgehead atoms. The van der Waals surface area contributed by atoms with Crippen LogP contribution < -0.4 is 5.32 Å². The molecular weight excluding hydrogens is 236 g/mol. The van der Waals surface area contributed by atoms with E-state index in [1.54, 1.807) is 6.07 Å². The van der Waals surface area contributed by atoms with Crippen molar-refractivity contribution in [2.45, 2.75) is 0 Å². The van der Waals surface area contributed by atoms with Crippen LogP contribution in [0.4, 0.5) is 5.13 Å². The Kier molecular flexibility index (Phi) is 2.75. The Bertz CT molecular complexity index is 512. The number of nitrogens with zero attached hydrogens (tertiary/aromatic N) is 1. The molecule has 0 spiro atoms. The summed E-state index contributed by atoms with van der Waals surface area (Å²) in [6.45, 7) is -0.141. The number of nitrogens with one attached hydrogen (secondary N) is 1. The normalized spacial score (nSPS) is 10.5. The molecule has 0 saturated carbocycles. The highest BCUT2D eigenvalue weighted by atomic mass is 35.5. The van der Waals surface area contributed by atoms with Gasteiger partial charge >= 0.3 is 5.97 Å². The van der Waals surface area contributed by atoms with E-state index in [0.29, 0.717) is 15.7 Å². The number of hydrogen-bond acceptors (Lipinski definition) is 4. The van der Waals surface area contributed by atoms with Crippen molar-refractivity contribution in [2.75, 3.05) is 11.9 Å². The Morgan fingerprint density at radius 2 is 2.40 bits per heavy atom. The first-order chi connectivity index (χ1) is 7.16. The second-order valence-corrected chi connectivity index (χ2v) is 4.29. The van der Waals surface area contributed by atoms with Gasteiger partial charge in [-0.05, 0) is 12.1 Å². The standard InChI is InChI=1S/C9H7ClN2O2S/c10-5-2-1-3-6-8(5)12-9(15-6)11-4-7(13)14/h1-3H,4H2,(H,11,12)(H,13,14). The molecule has 1 heterocycles. The molecule has 2 N–H and O–H groups in total. The van der Waals surface area contributed by atoms with Gasteiger partial charge in [0.05, 0.1) is 9.72 Å². The van der Waals surface area contributed by atoms with E-state index in [-0.39, 0.29) is 6.54 Å². The maximum Gasteiger partial charge on any atom is 0.322 e. The lowest BCUT2D eigenvalue weighted by Crippen LogP contribution is -2.11. The van der Waals surface area contributed by atoms with Crippen LogP contribution in [0.3, 0.4) is 0 Å². The predicted molar refractivity (Wildman–Crippen MR) is 60.8 cm³/mol. The Morgan fingerprint density at radius 3 is 3.07 bits per heavy atom. The van der Waals surface area contributed by atoms with E-state index < -0.39 is 5.97 Å². The zero-order chi connectivity index (χ0) is 10.8. The number of anilines is 1. The minimum Gasteiger partial charge on any atom is -0.480 e. The molecule has 4 nitrogen and oxygen atoms in total. The second kappa shape index (κ2) is 4.04. The quantitative estimate of drug-likeness (QED) is 0.868. The molecular formula is C9H7ClN2O2S. The fraction of sp³-hybridized carbons (Fsp3) is 0.111. The lowest BCUT2D eigenvalue weighted by Gasteiger charge is -1.94. The van der Waals surface area contributed by atoms with E-state index in [2.05, 4.69) is 10.3 Å². The summed E-state index contributed by atoms with van der Waals surface area (Å²) in [6, 6.07) is 5.49. The molecule has 0 radical (unpaired) electrons. The highest BCUT2D eigenvalue weighted by molar-refractivity contribution is 7.22. The van der Waals surface area contributed by atoms with E-state index in [1.165, 1.54) is 11.3 Å². The van der Waals surface area contributed by atoms with Crippen LogP contribution in [0.2, 0.25) is 5.02 Å². The molecule has 78 valence electrons. The van der Waals surface area contributed by atoms with Gasteiger partial charge in [0.25, 0.3) is 0 Å². The molecule has 0 atom stereocenters. The highest BCUT2D eigenvalue weighted by Crippen LogP contribution is 2.30. The van der Waals surface area contributed by atoms with Gasteiger partial charge in [0, 0.05) is 0 Å². The molecule has 0 unspecified atom stereocenters. The number of carboxylic acid groups (broad SMARTS) is 1. The Balaban J connectivity index is 2.31. The van der Waals surface area contributed by atoms with Crippen LogP contribution >= 0.6 is 22.9 Å². The van der Waals surface area contributed by atoms with Crippen LogP contribution in [0.5, 0.6) is 0 Å². The first kappa shape index (κ1) is 10.2. The minimum absolute atomic E-state index is 0.141. The van der Waals surface area contributed by atoms with Crippen LogP contribution in [0.1, 0.15) is 0 Å². The summed E-state index contributed by atoms with van der Waals surface area (Å²) in [6.07, 6.45) is 0. The molecule has 2 rings (SSSR count). The van der Waals surface area contributed by atoms with Crippen molar-refractivity contribution in [3.05, 3.63) is 23.2 Å². The third kappa shape index (κ3) is 2.19. The van der Waals surface area contributed by atoms with Crippen LogP contribution in [0.25, 0.3) is 10.2 Å². The first-order valence-electron chi connectivity index (χ1n) is 4.17. The van der Waals surface area contributed by atoms with Gasteiger partial charge in [-0.2, -0.15) is 0 Å². The van der Waals surface area contributed by atoms with Gasteiger partial charge in [-0.3, -0.25) is 4.79 Å². The van der Waals surface area contributed by atoms with Crippen molar-refractivity contribution < 1.29 is 9.90 Å². The lowest BCUT2D eigenvalue weighted by atomic mass is 10.3. The topological polar surface area (TPSA) is 62.2 Å². The highest BCUT2D eigenvalue weighted by Gasteiger charge is 2.06. The number of rotatable bonds is 3. The maximum absolute atomic E-state index is 10.3. The number of halogens is 1. The molecule has 0 aliphatic carbocycles. The van der Waals surface area contributed by atoms with Crippen molar-refractivity contribution in [2.24, 2.45) is 0 Å². The number of aliphatic carboxylic acids is 1. The Labute approximate surface area is 94.5 Å². The number of aromatic nitrogens is 1. The molecule has 0 amide bonds. The van der Waals surface area contributed by atoms with Crippen LogP contribution in [-0.4, -0.2) is 22.6 Å². The first-order valence-corrected chi connectivity index (χ1v) is 5.37. The van der Waals surface area contributed by atoms with Gasteiger partial charge in [0.15, 0.2) is 5.13 Å². The second-order valence-electron chi connectivity index (χ2n) is 2.85. The molecule has 2 aromatic rings. The number of fused-ring (bicyclic) bond motifs is 1. The summed E-state index contributed by atoms with van der Waals surface area (Å²) >= 11 is 7.32. The van der Waals surface area contributed by atoms with E-state index in [0.717, 1.165) is 4.70 Å². The molecule has 0 aliphatic heterocycles. The summed E-state index contributed by atoms with van der Waals surface area (Å²) in [4.78, 5) is 14.5. The summed E-state index contributed by atoms with van der Waals surface area (Å²) in [7, 11) is 0. The number of carboxylic acids is 1. The zero-order valence-electron chi connectivity index (χ0n) is 7.53. The van der Waals surface area contributed by atoms with Crippen LogP contribution in [0.15, 0.2) is 18.2 Å². The maximum atomic E-state index is 10.3. The minimum atomic E-state index is -0.916. The largest absolute Gasteiger partial charge is 0.480 e. The average Bonchev–Trinajstić information content (AvgIpc) is 2.59. The number of hydrogen-bond donors (Lipinski definition) is 2. The molecule has 1 aromatic heterocycles. The van der Waals surface area contributed by atoms with Gasteiger partial charge in [-0.25, -0.2) is 4.98 Å². The molecule has 0 saturated heterocycles. The lowest BCUT2D eigenvalue weighted by molar-refractivity contribution is -0.134. The Morgan fingerprint density at radius 1 is 1.60 bits per heavy atom. The molecule has 0 fully saturated rings. The predicted octanol–water partition coefficient (Wildman–Crippen LogP) is 2.45. The van der Waals surface area contributed by atoms with Crippen molar-refractivity contribution in [3.8, 4) is 0 Å². The average molecular weight is 243 g/mol. The van der Waals surface area contributed by atoms with Gasteiger partial charge in [0.1, 0.15) is 12.1 Å². The van der Waals surface area contributed by atoms with E-state index in [4.69, 9.17) is 16.7 Å². The number of carbonyl (C=O) groups is 1. The molecule has 6 heteroatoms. The molecule has 1 aromatic carbocycles. The van der Waals surface area contributed by atoms with E-state index in [9.17, 15) is 4.79 Å². The number of para-hydroxylation sites is 1. The van der Waals surface area contributed by atoms with Gasteiger partial charge in [-0.15, -0.1) is 0 Å². The summed E-state index contributed by atoms with van der Waals surface area (Å²) < 4.78 is 0.940. The fourth-order valence-electron chi connectivity index (χ4n) is 1.14. The smallest absolute Gasteiger partial charge is 0.322 e. The van der Waals surface area contributed by atoms with Crippen LogP contribution in [-0.2, 0) is 4.79 Å². The summed E-state index contributed by atoms with van der Waals surface area (Å²) in [5.41, 5.74) is 0.706. The van der Waals surface area contributed by atoms with Gasteiger partial charge < -0.3 is 10.4 Å².